The van der Waals surface area contributed by atoms with Gasteiger partial charge in [0.1, 0.15) is 0 Å². The molecule has 72 valence electrons. The highest BCUT2D eigenvalue weighted by Crippen LogP contribution is 2.10. The fourth-order valence-electron chi connectivity index (χ4n) is 0.994. The molecule has 0 unspecified atom stereocenters. The van der Waals surface area contributed by atoms with E-state index in [1.807, 2.05) is 6.92 Å². The summed E-state index contributed by atoms with van der Waals surface area (Å²) in [6.45, 7) is 4.14. The first-order chi connectivity index (χ1) is 5.81. The van der Waals surface area contributed by atoms with E-state index >= 15 is 0 Å². The Morgan fingerprint density at radius 3 is 2.33 bits per heavy atom. The molecule has 1 nitrogen and oxygen atoms in total. The Kier molecular flexibility index (Phi) is 9.13. The molecule has 0 bridgehead atoms. The summed E-state index contributed by atoms with van der Waals surface area (Å²) in [6.07, 6.45) is 7.14. The summed E-state index contributed by atoms with van der Waals surface area (Å²) in [5.41, 5.74) is 0. The predicted octanol–water partition coefficient (Wildman–Crippen LogP) is 3.63. The van der Waals surface area contributed by atoms with Gasteiger partial charge in [0, 0.05) is 12.2 Å². The molecule has 0 spiro atoms. The molecule has 0 amide bonds. The van der Waals surface area contributed by atoms with E-state index in [4.69, 9.17) is 0 Å². The second kappa shape index (κ2) is 9.11. The zero-order chi connectivity index (χ0) is 9.23. The highest BCUT2D eigenvalue weighted by atomic mass is 32.2. The Balaban J connectivity index is 2.95. The molecule has 0 fully saturated rings. The van der Waals surface area contributed by atoms with Crippen LogP contribution in [-0.4, -0.2) is 10.9 Å². The Morgan fingerprint density at radius 2 is 1.75 bits per heavy atom. The lowest BCUT2D eigenvalue weighted by atomic mass is 10.2. The minimum absolute atomic E-state index is 0.338. The van der Waals surface area contributed by atoms with Crippen molar-refractivity contribution in [1.82, 2.24) is 0 Å². The van der Waals surface area contributed by atoms with Crippen LogP contribution < -0.4 is 0 Å². The quantitative estimate of drug-likeness (QED) is 0.567. The van der Waals surface area contributed by atoms with Crippen LogP contribution >= 0.6 is 11.8 Å². The summed E-state index contributed by atoms with van der Waals surface area (Å²) in [5, 5.41) is 0.338. The van der Waals surface area contributed by atoms with Crippen LogP contribution in [0.25, 0.3) is 0 Å². The van der Waals surface area contributed by atoms with Gasteiger partial charge in [0.15, 0.2) is 5.12 Å². The maximum absolute atomic E-state index is 10.9. The van der Waals surface area contributed by atoms with Crippen molar-refractivity contribution in [3.05, 3.63) is 0 Å². The normalized spacial score (nSPS) is 10.2. The summed E-state index contributed by atoms with van der Waals surface area (Å²) < 4.78 is 0. The van der Waals surface area contributed by atoms with Crippen molar-refractivity contribution in [2.75, 3.05) is 5.75 Å². The molecule has 12 heavy (non-hydrogen) atoms. The van der Waals surface area contributed by atoms with Gasteiger partial charge in [-0.05, 0) is 6.42 Å². The van der Waals surface area contributed by atoms with Crippen LogP contribution in [0.1, 0.15) is 52.4 Å². The summed E-state index contributed by atoms with van der Waals surface area (Å²) in [5.74, 6) is 1.02. The van der Waals surface area contributed by atoms with Crippen LogP contribution in [0.4, 0.5) is 0 Å². The molecule has 0 heterocycles. The van der Waals surface area contributed by atoms with Gasteiger partial charge < -0.3 is 0 Å². The highest BCUT2D eigenvalue weighted by Gasteiger charge is 1.97. The van der Waals surface area contributed by atoms with Gasteiger partial charge in [-0.2, -0.15) is 0 Å². The van der Waals surface area contributed by atoms with Crippen LogP contribution in [0, 0.1) is 0 Å². The molecular weight excluding hydrogens is 168 g/mol. The fourth-order valence-corrected chi connectivity index (χ4v) is 1.77. The van der Waals surface area contributed by atoms with Crippen molar-refractivity contribution in [3.8, 4) is 0 Å². The molecule has 0 rings (SSSR count). The van der Waals surface area contributed by atoms with Gasteiger partial charge >= 0.3 is 0 Å². The molecule has 0 aliphatic rings. The fraction of sp³-hybridized carbons (Fsp3) is 0.900. The molecule has 2 heteroatoms. The topological polar surface area (TPSA) is 17.1 Å². The average molecular weight is 188 g/mol. The molecule has 0 aliphatic carbocycles. The van der Waals surface area contributed by atoms with Crippen molar-refractivity contribution in [2.45, 2.75) is 52.4 Å². The maximum atomic E-state index is 10.9. The molecule has 0 aromatic heterocycles. The van der Waals surface area contributed by atoms with Gasteiger partial charge in [0.25, 0.3) is 0 Å². The largest absolute Gasteiger partial charge is 0.287 e. The van der Waals surface area contributed by atoms with Gasteiger partial charge in [-0.25, -0.2) is 0 Å². The van der Waals surface area contributed by atoms with E-state index in [9.17, 15) is 4.79 Å². The van der Waals surface area contributed by atoms with Crippen LogP contribution in [-0.2, 0) is 4.79 Å². The zero-order valence-electron chi connectivity index (χ0n) is 8.27. The van der Waals surface area contributed by atoms with E-state index in [2.05, 4.69) is 6.92 Å². The minimum atomic E-state index is 0.338. The average Bonchev–Trinajstić information content (AvgIpc) is 2.10. The second-order valence-electron chi connectivity index (χ2n) is 2.99. The van der Waals surface area contributed by atoms with Gasteiger partial charge in [0.2, 0.25) is 0 Å². The maximum Gasteiger partial charge on any atom is 0.188 e. The van der Waals surface area contributed by atoms with E-state index in [1.165, 1.54) is 43.9 Å². The van der Waals surface area contributed by atoms with E-state index in [1.54, 1.807) is 0 Å². The third-order valence-corrected chi connectivity index (χ3v) is 2.90. The Labute approximate surface area is 80.3 Å². The molecule has 0 aliphatic heterocycles. The standard InChI is InChI=1S/C10H20OS/c1-3-5-6-7-8-9-12-10(11)4-2/h3-9H2,1-2H3. The molecule has 0 atom stereocenters. The van der Waals surface area contributed by atoms with E-state index < -0.39 is 0 Å². The number of hydrogen-bond acceptors (Lipinski definition) is 2. The molecule has 0 saturated heterocycles. The first-order valence-electron chi connectivity index (χ1n) is 4.96. The lowest BCUT2D eigenvalue weighted by Gasteiger charge is -1.98. The molecule has 0 aromatic carbocycles. The van der Waals surface area contributed by atoms with Gasteiger partial charge in [-0.3, -0.25) is 4.79 Å². The van der Waals surface area contributed by atoms with Crippen molar-refractivity contribution < 1.29 is 4.79 Å². The third kappa shape index (κ3) is 8.12. The van der Waals surface area contributed by atoms with E-state index in [-0.39, 0.29) is 0 Å². The number of thioether (sulfide) groups is 1. The second-order valence-corrected chi connectivity index (χ2v) is 4.14. The Bertz CT molecular complexity index is 112. The SMILES string of the molecule is CCCCCCCSC(=O)CC. The van der Waals surface area contributed by atoms with Gasteiger partial charge in [-0.1, -0.05) is 51.3 Å². The van der Waals surface area contributed by atoms with Crippen LogP contribution in [0.3, 0.4) is 0 Å². The number of rotatable bonds is 7. The van der Waals surface area contributed by atoms with Crippen LogP contribution in [0.15, 0.2) is 0 Å². The minimum Gasteiger partial charge on any atom is -0.287 e. The molecule has 0 saturated carbocycles. The molecule has 0 radical (unpaired) electrons. The smallest absolute Gasteiger partial charge is 0.188 e. The Hall–Kier alpha value is 0.0200. The van der Waals surface area contributed by atoms with Crippen LogP contribution in [0.5, 0.6) is 0 Å². The predicted molar refractivity (Wildman–Crippen MR) is 56.5 cm³/mol. The number of unbranched alkanes of at least 4 members (excludes halogenated alkanes) is 4. The van der Waals surface area contributed by atoms with Gasteiger partial charge in [-0.15, -0.1) is 0 Å². The van der Waals surface area contributed by atoms with Crippen molar-refractivity contribution in [1.29, 1.82) is 0 Å². The van der Waals surface area contributed by atoms with Crippen molar-refractivity contribution >= 4 is 16.9 Å². The number of hydrogen-bond donors (Lipinski definition) is 0. The zero-order valence-corrected chi connectivity index (χ0v) is 9.08. The lowest BCUT2D eigenvalue weighted by molar-refractivity contribution is -0.110. The third-order valence-electron chi connectivity index (χ3n) is 1.80. The van der Waals surface area contributed by atoms with Crippen molar-refractivity contribution in [3.63, 3.8) is 0 Å². The lowest BCUT2D eigenvalue weighted by Crippen LogP contribution is -1.90. The summed E-state index contributed by atoms with van der Waals surface area (Å²) in [6, 6.07) is 0. The van der Waals surface area contributed by atoms with Crippen LogP contribution in [0.2, 0.25) is 0 Å². The molecular formula is C10H20OS. The number of carbonyl (C=O) groups excluding carboxylic acids is 1. The highest BCUT2D eigenvalue weighted by molar-refractivity contribution is 8.13. The van der Waals surface area contributed by atoms with E-state index in [0.717, 1.165) is 5.75 Å². The monoisotopic (exact) mass is 188 g/mol. The first-order valence-corrected chi connectivity index (χ1v) is 5.95. The van der Waals surface area contributed by atoms with Gasteiger partial charge in [0.05, 0.1) is 0 Å². The number of carbonyl (C=O) groups is 1. The first kappa shape index (κ1) is 12.0. The summed E-state index contributed by atoms with van der Waals surface area (Å²) in [7, 11) is 0. The summed E-state index contributed by atoms with van der Waals surface area (Å²) >= 11 is 1.50. The van der Waals surface area contributed by atoms with Crippen molar-refractivity contribution in [2.24, 2.45) is 0 Å². The molecule has 0 N–H and O–H groups in total. The van der Waals surface area contributed by atoms with E-state index in [0.29, 0.717) is 11.5 Å². The molecule has 0 aromatic rings. The Morgan fingerprint density at radius 1 is 1.08 bits per heavy atom. The summed E-state index contributed by atoms with van der Waals surface area (Å²) in [4.78, 5) is 10.9.